The lowest BCUT2D eigenvalue weighted by Gasteiger charge is -2.36. The number of piperidine rings is 1. The summed E-state index contributed by atoms with van der Waals surface area (Å²) < 4.78 is 5.49. The van der Waals surface area contributed by atoms with E-state index in [1.54, 1.807) is 11.9 Å². The van der Waals surface area contributed by atoms with Crippen LogP contribution >= 0.6 is 0 Å². The van der Waals surface area contributed by atoms with E-state index in [1.165, 1.54) is 4.90 Å². The number of ether oxygens (including phenoxy) is 1. The van der Waals surface area contributed by atoms with Crippen LogP contribution in [-0.2, 0) is 20.7 Å². The van der Waals surface area contributed by atoms with Crippen molar-refractivity contribution in [3.63, 3.8) is 0 Å². The highest BCUT2D eigenvalue weighted by atomic mass is 16.6. The van der Waals surface area contributed by atoms with E-state index >= 15 is 0 Å². The Labute approximate surface area is 159 Å². The summed E-state index contributed by atoms with van der Waals surface area (Å²) in [5.41, 5.74) is 1.18. The minimum absolute atomic E-state index is 0.325. The van der Waals surface area contributed by atoms with Crippen molar-refractivity contribution in [1.29, 1.82) is 0 Å². The molecular formula is C20H27N3O4. The highest BCUT2D eigenvalue weighted by Crippen LogP contribution is 2.32. The molecule has 2 heterocycles. The van der Waals surface area contributed by atoms with Gasteiger partial charge in [-0.3, -0.25) is 9.59 Å². The van der Waals surface area contributed by atoms with Crippen molar-refractivity contribution in [2.75, 3.05) is 32.0 Å². The number of amides is 3. The van der Waals surface area contributed by atoms with Crippen molar-refractivity contribution in [3.05, 3.63) is 29.8 Å². The summed E-state index contributed by atoms with van der Waals surface area (Å²) in [6, 6.07) is 7.57. The second-order valence-electron chi connectivity index (χ2n) is 7.91. The van der Waals surface area contributed by atoms with Gasteiger partial charge >= 0.3 is 17.9 Å². The molecule has 0 bridgehead atoms. The van der Waals surface area contributed by atoms with E-state index in [9.17, 15) is 14.4 Å². The van der Waals surface area contributed by atoms with Crippen LogP contribution in [0.15, 0.2) is 24.3 Å². The first-order valence-electron chi connectivity index (χ1n) is 9.42. The zero-order valence-electron chi connectivity index (χ0n) is 16.2. The molecule has 2 fully saturated rings. The molecule has 2 aliphatic heterocycles. The van der Waals surface area contributed by atoms with E-state index in [2.05, 4.69) is 19.2 Å². The Hall–Kier alpha value is -2.57. The fourth-order valence-corrected chi connectivity index (χ4v) is 3.75. The highest BCUT2D eigenvalue weighted by Gasteiger charge is 2.46. The smallest absolute Gasteiger partial charge is 0.410 e. The number of anilines is 1. The maximum absolute atomic E-state index is 12.6. The molecule has 27 heavy (non-hydrogen) atoms. The molecule has 7 nitrogen and oxygen atoms in total. The molecule has 1 aromatic rings. The molecule has 7 heteroatoms. The van der Waals surface area contributed by atoms with Gasteiger partial charge in [0.15, 0.2) is 0 Å². The predicted molar refractivity (Wildman–Crippen MR) is 101 cm³/mol. The molecule has 0 aliphatic carbocycles. The predicted octanol–water partition coefficient (Wildman–Crippen LogP) is 2.27. The van der Waals surface area contributed by atoms with Gasteiger partial charge in [-0.15, -0.1) is 0 Å². The van der Waals surface area contributed by atoms with Gasteiger partial charge in [-0.1, -0.05) is 32.0 Å². The van der Waals surface area contributed by atoms with Crippen LogP contribution in [0.25, 0.3) is 0 Å². The molecular weight excluding hydrogens is 346 g/mol. The summed E-state index contributed by atoms with van der Waals surface area (Å²) in [7, 11) is 1.71. The summed E-state index contributed by atoms with van der Waals surface area (Å²) in [6.07, 6.45) is 1.60. The van der Waals surface area contributed by atoms with E-state index in [4.69, 9.17) is 4.74 Å². The molecule has 0 unspecified atom stereocenters. The van der Waals surface area contributed by atoms with Crippen molar-refractivity contribution < 1.29 is 19.1 Å². The standard InChI is InChI=1S/C20H27N3O4/c1-14(2)12-15-6-4-5-7-16(15)21-17(24)18(25)23-10-8-20(9-11-23)13-22(3)19(26)27-20/h4-7,14H,8-13H2,1-3H3,(H,21,24). The Morgan fingerprint density at radius 1 is 1.22 bits per heavy atom. The normalized spacial score (nSPS) is 18.7. The maximum Gasteiger partial charge on any atom is 0.410 e. The number of carbonyl (C=O) groups excluding carboxylic acids is 3. The van der Waals surface area contributed by atoms with Crippen molar-refractivity contribution in [2.24, 2.45) is 5.92 Å². The van der Waals surface area contributed by atoms with Crippen LogP contribution in [0.3, 0.4) is 0 Å². The number of nitrogens with one attached hydrogen (secondary N) is 1. The van der Waals surface area contributed by atoms with Crippen LogP contribution in [0.2, 0.25) is 0 Å². The summed E-state index contributed by atoms with van der Waals surface area (Å²) >= 11 is 0. The zero-order chi connectivity index (χ0) is 19.6. The molecule has 146 valence electrons. The van der Waals surface area contributed by atoms with Crippen LogP contribution < -0.4 is 5.32 Å². The molecule has 0 atom stereocenters. The van der Waals surface area contributed by atoms with E-state index in [0.29, 0.717) is 44.1 Å². The van der Waals surface area contributed by atoms with Crippen molar-refractivity contribution >= 4 is 23.6 Å². The molecule has 1 spiro atoms. The number of hydrogen-bond acceptors (Lipinski definition) is 4. The number of para-hydroxylation sites is 1. The molecule has 1 N–H and O–H groups in total. The summed E-state index contributed by atoms with van der Waals surface area (Å²) in [4.78, 5) is 39.8. The van der Waals surface area contributed by atoms with Gasteiger partial charge in [0.25, 0.3) is 0 Å². The second kappa shape index (κ2) is 7.58. The number of hydrogen-bond donors (Lipinski definition) is 1. The lowest BCUT2D eigenvalue weighted by molar-refractivity contribution is -0.145. The Balaban J connectivity index is 1.59. The largest absolute Gasteiger partial charge is 0.441 e. The lowest BCUT2D eigenvalue weighted by Crippen LogP contribution is -2.51. The van der Waals surface area contributed by atoms with Crippen LogP contribution in [-0.4, -0.2) is 60.0 Å². The Kier molecular flexibility index (Phi) is 5.39. The first-order valence-corrected chi connectivity index (χ1v) is 9.42. The van der Waals surface area contributed by atoms with Crippen LogP contribution in [0.1, 0.15) is 32.3 Å². The number of benzene rings is 1. The molecule has 3 rings (SSSR count). The van der Waals surface area contributed by atoms with Crippen molar-refractivity contribution in [1.82, 2.24) is 9.80 Å². The minimum Gasteiger partial charge on any atom is -0.441 e. The Bertz CT molecular complexity index is 738. The third-order valence-electron chi connectivity index (χ3n) is 5.19. The maximum atomic E-state index is 12.6. The SMILES string of the molecule is CC(C)Cc1ccccc1NC(=O)C(=O)N1CCC2(CC1)CN(C)C(=O)O2. The van der Waals surface area contributed by atoms with Gasteiger partial charge in [0.1, 0.15) is 5.60 Å². The third kappa shape index (κ3) is 4.23. The van der Waals surface area contributed by atoms with Gasteiger partial charge in [0.05, 0.1) is 6.54 Å². The quantitative estimate of drug-likeness (QED) is 0.825. The van der Waals surface area contributed by atoms with Crippen LogP contribution in [0.5, 0.6) is 0 Å². The first-order chi connectivity index (χ1) is 12.8. The summed E-state index contributed by atoms with van der Waals surface area (Å²) in [5.74, 6) is -0.714. The summed E-state index contributed by atoms with van der Waals surface area (Å²) in [5, 5.41) is 2.76. The number of likely N-dealkylation sites (tertiary alicyclic amines) is 1. The van der Waals surface area contributed by atoms with E-state index < -0.39 is 17.4 Å². The number of likely N-dealkylation sites (N-methyl/N-ethyl adjacent to an activating group) is 1. The van der Waals surface area contributed by atoms with Crippen molar-refractivity contribution in [3.8, 4) is 0 Å². The van der Waals surface area contributed by atoms with Gasteiger partial charge in [0.2, 0.25) is 0 Å². The highest BCUT2D eigenvalue weighted by molar-refractivity contribution is 6.39. The zero-order valence-corrected chi connectivity index (χ0v) is 16.2. The average molecular weight is 373 g/mol. The number of nitrogens with zero attached hydrogens (tertiary/aromatic N) is 2. The van der Waals surface area contributed by atoms with Crippen LogP contribution in [0.4, 0.5) is 10.5 Å². The average Bonchev–Trinajstić information content (AvgIpc) is 2.89. The van der Waals surface area contributed by atoms with Crippen LogP contribution in [0, 0.1) is 5.92 Å². The monoisotopic (exact) mass is 373 g/mol. The number of carbonyl (C=O) groups is 3. The van der Waals surface area contributed by atoms with Gasteiger partial charge < -0.3 is 19.9 Å². The molecule has 3 amide bonds. The molecule has 0 radical (unpaired) electrons. The fourth-order valence-electron chi connectivity index (χ4n) is 3.75. The first kappa shape index (κ1) is 19.2. The van der Waals surface area contributed by atoms with Gasteiger partial charge in [-0.2, -0.15) is 0 Å². The van der Waals surface area contributed by atoms with Gasteiger partial charge in [-0.25, -0.2) is 4.79 Å². The molecule has 2 aliphatic rings. The number of rotatable bonds is 3. The third-order valence-corrected chi connectivity index (χ3v) is 5.19. The molecule has 0 aromatic heterocycles. The molecule has 1 aromatic carbocycles. The second-order valence-corrected chi connectivity index (χ2v) is 7.91. The van der Waals surface area contributed by atoms with E-state index in [-0.39, 0.29) is 6.09 Å². The van der Waals surface area contributed by atoms with E-state index in [0.717, 1.165) is 12.0 Å². The Morgan fingerprint density at radius 3 is 2.48 bits per heavy atom. The minimum atomic E-state index is -0.623. The topological polar surface area (TPSA) is 79.0 Å². The van der Waals surface area contributed by atoms with Gasteiger partial charge in [0, 0.05) is 38.7 Å². The summed E-state index contributed by atoms with van der Waals surface area (Å²) in [6.45, 7) is 5.56. The fraction of sp³-hybridized carbons (Fsp3) is 0.550. The molecule has 2 saturated heterocycles. The molecule has 0 saturated carbocycles. The van der Waals surface area contributed by atoms with E-state index in [1.807, 2.05) is 24.3 Å². The van der Waals surface area contributed by atoms with Crippen molar-refractivity contribution in [2.45, 2.75) is 38.7 Å². The lowest BCUT2D eigenvalue weighted by atomic mass is 9.91. The van der Waals surface area contributed by atoms with Gasteiger partial charge in [-0.05, 0) is 24.0 Å². The Morgan fingerprint density at radius 2 is 1.89 bits per heavy atom.